The maximum Gasteiger partial charge on any atom is 0.267 e. The summed E-state index contributed by atoms with van der Waals surface area (Å²) in [6, 6.07) is 2.53. The van der Waals surface area contributed by atoms with Gasteiger partial charge in [0, 0.05) is 5.56 Å². The van der Waals surface area contributed by atoms with Crippen molar-refractivity contribution in [1.29, 1.82) is 5.26 Å². The fourth-order valence-corrected chi connectivity index (χ4v) is 1.56. The number of halogens is 4. The summed E-state index contributed by atoms with van der Waals surface area (Å²) in [6.07, 6.45) is -2.97. The highest BCUT2D eigenvalue weighted by atomic mass is 79.9. The van der Waals surface area contributed by atoms with Gasteiger partial charge in [-0.15, -0.1) is 0 Å². The lowest BCUT2D eigenvalue weighted by molar-refractivity contribution is 0.106. The monoisotopic (exact) mass is 294 g/mol. The minimum atomic E-state index is -2.97. The molecule has 0 saturated carbocycles. The minimum absolute atomic E-state index is 0.104. The van der Waals surface area contributed by atoms with Crippen molar-refractivity contribution in [3.05, 3.63) is 27.5 Å². The van der Waals surface area contributed by atoms with Crippen molar-refractivity contribution in [2.45, 2.75) is 6.43 Å². The van der Waals surface area contributed by atoms with Crippen molar-refractivity contribution in [2.24, 2.45) is 0 Å². The second-order valence-electron chi connectivity index (χ2n) is 2.44. The van der Waals surface area contributed by atoms with Gasteiger partial charge in [-0.3, -0.25) is 4.79 Å². The van der Waals surface area contributed by atoms with Gasteiger partial charge >= 0.3 is 0 Å². The fourth-order valence-electron chi connectivity index (χ4n) is 0.992. The molecule has 78 valence electrons. The van der Waals surface area contributed by atoms with E-state index in [2.05, 4.69) is 20.9 Å². The lowest BCUT2D eigenvalue weighted by atomic mass is 10.1. The van der Waals surface area contributed by atoms with Gasteiger partial charge < -0.3 is 0 Å². The molecule has 3 nitrogen and oxygen atoms in total. The summed E-state index contributed by atoms with van der Waals surface area (Å²) in [5.41, 5.74) is -1.66. The van der Waals surface area contributed by atoms with Crippen molar-refractivity contribution in [3.8, 4) is 6.07 Å². The molecule has 1 heterocycles. The molecule has 0 spiro atoms. The molecule has 0 atom stereocenters. The SMILES string of the molecule is N#Cc1nc(Br)cc(C(=O)Cl)c1C(F)F. The van der Waals surface area contributed by atoms with E-state index in [1.165, 1.54) is 6.07 Å². The molecule has 0 aliphatic carbocycles. The maximum atomic E-state index is 12.5. The molecule has 0 radical (unpaired) electrons. The number of nitriles is 1. The average molecular weight is 295 g/mol. The van der Waals surface area contributed by atoms with Crippen molar-refractivity contribution in [3.63, 3.8) is 0 Å². The van der Waals surface area contributed by atoms with Gasteiger partial charge in [-0.05, 0) is 33.6 Å². The minimum Gasteiger partial charge on any atom is -0.276 e. The van der Waals surface area contributed by atoms with Crippen LogP contribution in [-0.2, 0) is 0 Å². The Labute approximate surface area is 96.8 Å². The van der Waals surface area contributed by atoms with E-state index in [0.717, 1.165) is 6.07 Å². The van der Waals surface area contributed by atoms with Crippen LogP contribution < -0.4 is 0 Å². The van der Waals surface area contributed by atoms with Crippen molar-refractivity contribution < 1.29 is 13.6 Å². The van der Waals surface area contributed by atoms with Crippen molar-refractivity contribution >= 4 is 32.8 Å². The van der Waals surface area contributed by atoms with E-state index in [1.807, 2.05) is 0 Å². The van der Waals surface area contributed by atoms with E-state index < -0.39 is 28.5 Å². The summed E-state index contributed by atoms with van der Waals surface area (Å²) in [6.45, 7) is 0. The number of carbonyl (C=O) groups excluding carboxylic acids is 1. The van der Waals surface area contributed by atoms with Crippen LogP contribution in [0.5, 0.6) is 0 Å². The Bertz CT molecular complexity index is 459. The molecule has 1 aromatic heterocycles. The highest BCUT2D eigenvalue weighted by Gasteiger charge is 2.23. The first-order valence-corrected chi connectivity index (χ1v) is 4.73. The first kappa shape index (κ1) is 12.0. The van der Waals surface area contributed by atoms with Crippen LogP contribution in [0.4, 0.5) is 8.78 Å². The number of aromatic nitrogens is 1. The summed E-state index contributed by atoms with van der Waals surface area (Å²) in [5, 5.41) is 7.53. The van der Waals surface area contributed by atoms with Crippen LogP contribution in [0.25, 0.3) is 0 Å². The number of hydrogen-bond acceptors (Lipinski definition) is 3. The van der Waals surface area contributed by atoms with Crippen LogP contribution in [0.3, 0.4) is 0 Å². The van der Waals surface area contributed by atoms with Gasteiger partial charge in [-0.1, -0.05) is 0 Å². The van der Waals surface area contributed by atoms with Gasteiger partial charge in [0.05, 0.1) is 5.56 Å². The Morgan fingerprint density at radius 2 is 2.27 bits per heavy atom. The molecule has 0 amide bonds. The third-order valence-corrected chi connectivity index (χ3v) is 2.17. The molecular weight excluding hydrogens is 293 g/mol. The third-order valence-electron chi connectivity index (χ3n) is 1.56. The molecule has 1 aromatic rings. The number of hydrogen-bond donors (Lipinski definition) is 0. The quantitative estimate of drug-likeness (QED) is 0.622. The van der Waals surface area contributed by atoms with Crippen LogP contribution in [0.15, 0.2) is 10.7 Å². The largest absolute Gasteiger partial charge is 0.276 e. The summed E-state index contributed by atoms with van der Waals surface area (Å²) in [4.78, 5) is 14.4. The Morgan fingerprint density at radius 1 is 1.67 bits per heavy atom. The lowest BCUT2D eigenvalue weighted by Crippen LogP contribution is -2.04. The smallest absolute Gasteiger partial charge is 0.267 e. The first-order valence-electron chi connectivity index (χ1n) is 3.56. The topological polar surface area (TPSA) is 53.8 Å². The second-order valence-corrected chi connectivity index (χ2v) is 3.60. The molecule has 0 aliphatic rings. The highest BCUT2D eigenvalue weighted by molar-refractivity contribution is 9.10. The zero-order valence-corrected chi connectivity index (χ0v) is 9.31. The molecule has 0 bridgehead atoms. The molecule has 15 heavy (non-hydrogen) atoms. The highest BCUT2D eigenvalue weighted by Crippen LogP contribution is 2.28. The summed E-state index contributed by atoms with van der Waals surface area (Å²) >= 11 is 8.01. The van der Waals surface area contributed by atoms with E-state index in [9.17, 15) is 13.6 Å². The summed E-state index contributed by atoms with van der Waals surface area (Å²) in [5.74, 6) is 0. The van der Waals surface area contributed by atoms with Crippen molar-refractivity contribution in [1.82, 2.24) is 4.98 Å². The first-order chi connectivity index (χ1) is 6.97. The second kappa shape index (κ2) is 4.64. The average Bonchev–Trinajstić information content (AvgIpc) is 2.15. The van der Waals surface area contributed by atoms with Gasteiger partial charge in [0.15, 0.2) is 5.69 Å². The third kappa shape index (κ3) is 2.49. The molecular formula is C8H2BrClF2N2O. The van der Waals surface area contributed by atoms with Gasteiger partial charge in [0.2, 0.25) is 0 Å². The summed E-state index contributed by atoms with van der Waals surface area (Å²) < 4.78 is 25.2. The van der Waals surface area contributed by atoms with E-state index in [-0.39, 0.29) is 4.60 Å². The van der Waals surface area contributed by atoms with Gasteiger partial charge in [-0.2, -0.15) is 5.26 Å². The Balaban J connectivity index is 3.56. The van der Waals surface area contributed by atoms with Gasteiger partial charge in [0.25, 0.3) is 11.7 Å². The van der Waals surface area contributed by atoms with Gasteiger partial charge in [-0.25, -0.2) is 13.8 Å². The van der Waals surface area contributed by atoms with Crippen LogP contribution in [0, 0.1) is 11.3 Å². The standard InChI is InChI=1S/C8H2BrClF2N2O/c9-5-1-3(7(10)15)6(8(11)12)4(2-13)14-5/h1,8H. The van der Waals surface area contributed by atoms with Gasteiger partial charge in [0.1, 0.15) is 10.7 Å². The Kier molecular flexibility index (Phi) is 3.72. The molecule has 0 aliphatic heterocycles. The van der Waals surface area contributed by atoms with Crippen molar-refractivity contribution in [2.75, 3.05) is 0 Å². The number of carbonyl (C=O) groups is 1. The molecule has 7 heteroatoms. The maximum absolute atomic E-state index is 12.5. The fraction of sp³-hybridized carbons (Fsp3) is 0.125. The zero-order chi connectivity index (χ0) is 11.6. The number of alkyl halides is 2. The normalized spacial score (nSPS) is 10.1. The molecule has 0 saturated heterocycles. The van der Waals surface area contributed by atoms with E-state index in [1.54, 1.807) is 0 Å². The predicted octanol–water partition coefficient (Wildman–Crippen LogP) is 3.03. The van der Waals surface area contributed by atoms with Crippen LogP contribution in [0.2, 0.25) is 0 Å². The van der Waals surface area contributed by atoms with E-state index in [4.69, 9.17) is 16.9 Å². The van der Waals surface area contributed by atoms with E-state index >= 15 is 0 Å². The number of pyridine rings is 1. The predicted molar refractivity (Wildman–Crippen MR) is 51.8 cm³/mol. The molecule has 0 aromatic carbocycles. The zero-order valence-electron chi connectivity index (χ0n) is 6.97. The number of rotatable bonds is 2. The van der Waals surface area contributed by atoms with E-state index in [0.29, 0.717) is 0 Å². The number of nitrogens with zero attached hydrogens (tertiary/aromatic N) is 2. The Morgan fingerprint density at radius 3 is 2.67 bits per heavy atom. The molecule has 0 fully saturated rings. The molecule has 0 unspecified atom stereocenters. The van der Waals surface area contributed by atoms with Crippen LogP contribution in [0.1, 0.15) is 28.0 Å². The van der Waals surface area contributed by atoms with Crippen LogP contribution in [-0.4, -0.2) is 10.2 Å². The lowest BCUT2D eigenvalue weighted by Gasteiger charge is -2.06. The summed E-state index contributed by atoms with van der Waals surface area (Å²) in [7, 11) is 0. The molecule has 0 N–H and O–H groups in total. The Hall–Kier alpha value is -1.06. The van der Waals surface area contributed by atoms with Crippen LogP contribution >= 0.6 is 27.5 Å². The molecule has 1 rings (SSSR count).